The van der Waals surface area contributed by atoms with Crippen molar-refractivity contribution in [2.75, 3.05) is 11.5 Å². The van der Waals surface area contributed by atoms with Gasteiger partial charge in [-0.3, -0.25) is 4.79 Å². The van der Waals surface area contributed by atoms with Crippen LogP contribution >= 0.6 is 34.9 Å². The summed E-state index contributed by atoms with van der Waals surface area (Å²) in [6.45, 7) is 0. The second-order valence-corrected chi connectivity index (χ2v) is 6.25. The average molecular weight is 247 g/mol. The van der Waals surface area contributed by atoms with Crippen LogP contribution in [0, 0.1) is 0 Å². The number of aryl methyl sites for hydroxylation is 1. The number of carboxylic acid groups (broad SMARTS) is 1. The molecule has 1 aromatic heterocycles. The van der Waals surface area contributed by atoms with Crippen molar-refractivity contribution in [2.45, 2.75) is 16.5 Å². The van der Waals surface area contributed by atoms with Gasteiger partial charge in [-0.1, -0.05) is 11.8 Å². The minimum absolute atomic E-state index is 0.111. The zero-order valence-electron chi connectivity index (χ0n) is 7.36. The number of thiazole rings is 1. The molecule has 1 aliphatic rings. The molecule has 0 fully saturated rings. The third-order valence-corrected chi connectivity index (χ3v) is 5.19. The maximum atomic E-state index is 10.4. The van der Waals surface area contributed by atoms with Crippen molar-refractivity contribution in [3.8, 4) is 0 Å². The van der Waals surface area contributed by atoms with Gasteiger partial charge in [0.2, 0.25) is 0 Å². The molecule has 0 aromatic carbocycles. The van der Waals surface area contributed by atoms with Crippen LogP contribution in [0.2, 0.25) is 0 Å². The quantitative estimate of drug-likeness (QED) is 0.829. The van der Waals surface area contributed by atoms with E-state index < -0.39 is 5.97 Å². The standard InChI is InChI=1S/C8H9NO2S3/c10-7(11)4-13-8-9-5-1-2-12-3-6(5)14-8/h1-4H2,(H,10,11). The van der Waals surface area contributed by atoms with Crippen molar-refractivity contribution < 1.29 is 9.90 Å². The number of hydrogen-bond donors (Lipinski definition) is 1. The molecule has 0 saturated carbocycles. The molecule has 6 heteroatoms. The predicted molar refractivity (Wildman–Crippen MR) is 60.3 cm³/mol. The van der Waals surface area contributed by atoms with Gasteiger partial charge in [-0.05, 0) is 12.2 Å². The lowest BCUT2D eigenvalue weighted by atomic mass is 10.3. The second kappa shape index (κ2) is 4.55. The Morgan fingerprint density at radius 2 is 2.50 bits per heavy atom. The van der Waals surface area contributed by atoms with Crippen molar-refractivity contribution in [1.29, 1.82) is 0 Å². The zero-order valence-corrected chi connectivity index (χ0v) is 9.81. The first kappa shape index (κ1) is 10.3. The first-order valence-electron chi connectivity index (χ1n) is 4.16. The summed E-state index contributed by atoms with van der Waals surface area (Å²) in [5.74, 6) is 1.51. The minimum atomic E-state index is -0.780. The van der Waals surface area contributed by atoms with Gasteiger partial charge >= 0.3 is 5.97 Å². The summed E-state index contributed by atoms with van der Waals surface area (Å²) in [6, 6.07) is 0. The van der Waals surface area contributed by atoms with E-state index in [4.69, 9.17) is 5.11 Å². The van der Waals surface area contributed by atoms with Crippen LogP contribution in [0.5, 0.6) is 0 Å². The number of carboxylic acids is 1. The topological polar surface area (TPSA) is 50.2 Å². The van der Waals surface area contributed by atoms with Crippen LogP contribution in [0.4, 0.5) is 0 Å². The summed E-state index contributed by atoms with van der Waals surface area (Å²) in [5, 5.41) is 8.53. The van der Waals surface area contributed by atoms with E-state index >= 15 is 0 Å². The van der Waals surface area contributed by atoms with Crippen molar-refractivity contribution in [2.24, 2.45) is 0 Å². The Morgan fingerprint density at radius 1 is 1.64 bits per heavy atom. The van der Waals surface area contributed by atoms with Crippen LogP contribution in [0.3, 0.4) is 0 Å². The Balaban J connectivity index is 2.04. The number of carbonyl (C=O) groups is 1. The molecule has 0 bridgehead atoms. The van der Waals surface area contributed by atoms with Crippen LogP contribution in [-0.4, -0.2) is 27.6 Å². The van der Waals surface area contributed by atoms with Gasteiger partial charge in [-0.15, -0.1) is 11.3 Å². The summed E-state index contributed by atoms with van der Waals surface area (Å²) >= 11 is 4.89. The third-order valence-electron chi connectivity index (χ3n) is 1.79. The Labute approximate surface area is 94.3 Å². The smallest absolute Gasteiger partial charge is 0.313 e. The van der Waals surface area contributed by atoms with E-state index in [1.165, 1.54) is 22.3 Å². The highest BCUT2D eigenvalue weighted by Gasteiger charge is 2.15. The molecule has 2 heterocycles. The number of aliphatic carboxylic acids is 1. The predicted octanol–water partition coefficient (Wildman–Crippen LogP) is 2.11. The van der Waals surface area contributed by atoms with Gasteiger partial charge in [0.15, 0.2) is 4.34 Å². The molecule has 1 aliphatic heterocycles. The van der Waals surface area contributed by atoms with Crippen molar-refractivity contribution in [3.63, 3.8) is 0 Å². The Bertz CT molecular complexity index is 327. The number of hydrogen-bond acceptors (Lipinski definition) is 5. The molecule has 76 valence electrons. The fourth-order valence-corrected chi connectivity index (χ4v) is 4.27. The molecule has 1 N–H and O–H groups in total. The van der Waals surface area contributed by atoms with Gasteiger partial charge in [0.25, 0.3) is 0 Å². The molecular formula is C8H9NO2S3. The summed E-state index contributed by atoms with van der Waals surface area (Å²) in [7, 11) is 0. The first-order valence-corrected chi connectivity index (χ1v) is 7.12. The molecule has 0 radical (unpaired) electrons. The third kappa shape index (κ3) is 2.43. The largest absolute Gasteiger partial charge is 0.481 e. The average Bonchev–Trinajstić information content (AvgIpc) is 2.57. The van der Waals surface area contributed by atoms with E-state index in [2.05, 4.69) is 4.98 Å². The lowest BCUT2D eigenvalue weighted by Crippen LogP contribution is -1.99. The Morgan fingerprint density at radius 3 is 3.21 bits per heavy atom. The van der Waals surface area contributed by atoms with E-state index in [9.17, 15) is 4.79 Å². The molecule has 0 atom stereocenters. The van der Waals surface area contributed by atoms with Crippen molar-refractivity contribution in [3.05, 3.63) is 10.6 Å². The van der Waals surface area contributed by atoms with Crippen molar-refractivity contribution >= 4 is 40.8 Å². The number of aromatic nitrogens is 1. The molecule has 0 unspecified atom stereocenters. The van der Waals surface area contributed by atoms with E-state index in [0.717, 1.165) is 22.3 Å². The molecule has 3 nitrogen and oxygen atoms in total. The normalized spacial score (nSPS) is 15.1. The van der Waals surface area contributed by atoms with Gasteiger partial charge in [0.05, 0.1) is 11.4 Å². The molecule has 0 spiro atoms. The molecule has 0 saturated heterocycles. The van der Waals surface area contributed by atoms with Gasteiger partial charge < -0.3 is 5.11 Å². The van der Waals surface area contributed by atoms with Crippen LogP contribution in [-0.2, 0) is 17.0 Å². The second-order valence-electron chi connectivity index (χ2n) is 2.83. The van der Waals surface area contributed by atoms with E-state index in [1.807, 2.05) is 11.8 Å². The lowest BCUT2D eigenvalue weighted by molar-refractivity contribution is -0.133. The SMILES string of the molecule is O=C(O)CSc1nc2c(s1)CSCC2. The van der Waals surface area contributed by atoms with Gasteiger partial charge in [-0.2, -0.15) is 11.8 Å². The molecular weight excluding hydrogens is 238 g/mol. The number of nitrogens with zero attached hydrogens (tertiary/aromatic N) is 1. The minimum Gasteiger partial charge on any atom is -0.481 e. The fraction of sp³-hybridized carbons (Fsp3) is 0.500. The Kier molecular flexibility index (Phi) is 3.35. The highest BCUT2D eigenvalue weighted by atomic mass is 32.2. The summed E-state index contributed by atoms with van der Waals surface area (Å²) in [6.07, 6.45) is 1.03. The van der Waals surface area contributed by atoms with Crippen LogP contribution < -0.4 is 0 Å². The summed E-state index contributed by atoms with van der Waals surface area (Å²) in [5.41, 5.74) is 1.18. The van der Waals surface area contributed by atoms with Gasteiger partial charge in [0, 0.05) is 10.6 Å². The maximum Gasteiger partial charge on any atom is 0.313 e. The molecule has 0 amide bonds. The zero-order chi connectivity index (χ0) is 9.97. The van der Waals surface area contributed by atoms with Crippen LogP contribution in [0.1, 0.15) is 10.6 Å². The highest BCUT2D eigenvalue weighted by molar-refractivity contribution is 8.01. The monoisotopic (exact) mass is 247 g/mol. The fourth-order valence-electron chi connectivity index (χ4n) is 1.19. The molecule has 2 rings (SSSR count). The number of thioether (sulfide) groups is 2. The number of rotatable bonds is 3. The maximum absolute atomic E-state index is 10.4. The lowest BCUT2D eigenvalue weighted by Gasteiger charge is -2.06. The van der Waals surface area contributed by atoms with Crippen molar-refractivity contribution in [1.82, 2.24) is 4.98 Å². The molecule has 0 aliphatic carbocycles. The number of fused-ring (bicyclic) bond motifs is 1. The van der Waals surface area contributed by atoms with E-state index in [1.54, 1.807) is 11.3 Å². The van der Waals surface area contributed by atoms with E-state index in [0.29, 0.717) is 0 Å². The van der Waals surface area contributed by atoms with E-state index in [-0.39, 0.29) is 5.75 Å². The highest BCUT2D eigenvalue weighted by Crippen LogP contribution is 2.33. The molecule has 14 heavy (non-hydrogen) atoms. The summed E-state index contributed by atoms with van der Waals surface area (Å²) < 4.78 is 0.903. The van der Waals surface area contributed by atoms with Gasteiger partial charge in [-0.25, -0.2) is 4.98 Å². The first-order chi connectivity index (χ1) is 6.75. The molecule has 1 aromatic rings. The summed E-state index contributed by atoms with van der Waals surface area (Å²) in [4.78, 5) is 16.1. The Hall–Kier alpha value is -0.200. The van der Waals surface area contributed by atoms with Crippen LogP contribution in [0.15, 0.2) is 4.34 Å². The van der Waals surface area contributed by atoms with Gasteiger partial charge in [0.1, 0.15) is 0 Å². The van der Waals surface area contributed by atoms with Crippen LogP contribution in [0.25, 0.3) is 0 Å².